The molecule has 1 aromatic carbocycles. The Morgan fingerprint density at radius 3 is 2.81 bits per heavy atom. The summed E-state index contributed by atoms with van der Waals surface area (Å²) in [4.78, 5) is 20.9. The van der Waals surface area contributed by atoms with Crippen molar-refractivity contribution in [3.05, 3.63) is 51.6 Å². The van der Waals surface area contributed by atoms with E-state index in [0.29, 0.717) is 5.69 Å². The van der Waals surface area contributed by atoms with Crippen LogP contribution in [0.4, 0.5) is 11.4 Å². The lowest BCUT2D eigenvalue weighted by Gasteiger charge is -2.25. The molecule has 0 saturated carbocycles. The number of para-hydroxylation sites is 2. The summed E-state index contributed by atoms with van der Waals surface area (Å²) in [6, 6.07) is 7.01. The molecule has 2 heterocycles. The Morgan fingerprint density at radius 2 is 2.14 bits per heavy atom. The van der Waals surface area contributed by atoms with Gasteiger partial charge in [0, 0.05) is 18.3 Å². The first-order valence-electron chi connectivity index (χ1n) is 7.11. The van der Waals surface area contributed by atoms with Crippen LogP contribution in [0.3, 0.4) is 0 Å². The third-order valence-electron chi connectivity index (χ3n) is 4.10. The second-order valence-corrected chi connectivity index (χ2v) is 5.43. The molecule has 6 heteroatoms. The number of nitrogens with zero attached hydrogens (tertiary/aromatic N) is 3. The molecule has 2 aromatic rings. The van der Waals surface area contributed by atoms with E-state index in [-0.39, 0.29) is 16.7 Å². The fourth-order valence-corrected chi connectivity index (χ4v) is 2.93. The zero-order valence-corrected chi connectivity index (χ0v) is 12.2. The summed E-state index contributed by atoms with van der Waals surface area (Å²) in [5, 5.41) is 11.2. The maximum Gasteiger partial charge on any atom is 0.292 e. The minimum absolute atomic E-state index is 0.0819. The van der Waals surface area contributed by atoms with Gasteiger partial charge in [0.05, 0.1) is 16.7 Å². The highest BCUT2D eigenvalue weighted by Gasteiger charge is 2.32. The Kier molecular flexibility index (Phi) is 3.37. The maximum absolute atomic E-state index is 11.2. The van der Waals surface area contributed by atoms with Crippen LogP contribution in [0, 0.1) is 24.0 Å². The normalized spacial score (nSPS) is 18.2. The van der Waals surface area contributed by atoms with Gasteiger partial charge < -0.3 is 9.88 Å². The van der Waals surface area contributed by atoms with Crippen molar-refractivity contribution in [1.29, 1.82) is 0 Å². The van der Waals surface area contributed by atoms with Gasteiger partial charge >= 0.3 is 0 Å². The van der Waals surface area contributed by atoms with Gasteiger partial charge in [-0.25, -0.2) is 4.98 Å². The number of hydrogen-bond acceptors (Lipinski definition) is 4. The Hall–Kier alpha value is -2.37. The predicted molar refractivity (Wildman–Crippen MR) is 80.5 cm³/mol. The Bertz CT molecular complexity index is 661. The molecule has 1 fully saturated rings. The van der Waals surface area contributed by atoms with Crippen molar-refractivity contribution in [3.8, 4) is 0 Å². The van der Waals surface area contributed by atoms with Gasteiger partial charge in [-0.1, -0.05) is 12.1 Å². The van der Waals surface area contributed by atoms with Crippen LogP contribution < -0.4 is 4.90 Å². The summed E-state index contributed by atoms with van der Waals surface area (Å²) >= 11 is 0. The lowest BCUT2D eigenvalue weighted by molar-refractivity contribution is -0.384. The first kappa shape index (κ1) is 13.6. The first-order chi connectivity index (χ1) is 10.1. The van der Waals surface area contributed by atoms with Crippen LogP contribution in [0.1, 0.15) is 36.1 Å². The van der Waals surface area contributed by atoms with Gasteiger partial charge in [0.1, 0.15) is 11.5 Å². The standard InChI is InChI=1S/C15H18N4O2/c1-10-11(2)17-15(16-10)14-8-5-9-18(14)12-6-3-4-7-13(12)19(20)21/h3-4,6-7,14H,5,8-9H2,1-2H3,(H,16,17). The van der Waals surface area contributed by atoms with Crippen molar-refractivity contribution >= 4 is 11.4 Å². The number of H-pyrrole nitrogens is 1. The Labute approximate surface area is 123 Å². The van der Waals surface area contributed by atoms with E-state index in [0.717, 1.165) is 36.6 Å². The minimum Gasteiger partial charge on any atom is -0.356 e. The number of aromatic nitrogens is 2. The molecular weight excluding hydrogens is 268 g/mol. The van der Waals surface area contributed by atoms with E-state index in [2.05, 4.69) is 14.9 Å². The zero-order valence-electron chi connectivity index (χ0n) is 12.2. The topological polar surface area (TPSA) is 75.1 Å². The number of hydrogen-bond donors (Lipinski definition) is 1. The summed E-state index contributed by atoms with van der Waals surface area (Å²) in [7, 11) is 0. The second-order valence-electron chi connectivity index (χ2n) is 5.43. The molecule has 1 unspecified atom stereocenters. The molecule has 110 valence electrons. The highest BCUT2D eigenvalue weighted by atomic mass is 16.6. The van der Waals surface area contributed by atoms with Gasteiger partial charge in [-0.2, -0.15) is 0 Å². The van der Waals surface area contributed by atoms with Gasteiger partial charge in [-0.3, -0.25) is 10.1 Å². The minimum atomic E-state index is -0.316. The molecule has 1 atom stereocenters. The van der Waals surface area contributed by atoms with Crippen molar-refractivity contribution in [2.24, 2.45) is 0 Å². The maximum atomic E-state index is 11.2. The monoisotopic (exact) mass is 286 g/mol. The third-order valence-corrected chi connectivity index (χ3v) is 4.10. The number of benzene rings is 1. The van der Waals surface area contributed by atoms with Crippen molar-refractivity contribution < 1.29 is 4.92 Å². The quantitative estimate of drug-likeness (QED) is 0.694. The number of anilines is 1. The molecule has 1 aliphatic rings. The molecule has 1 saturated heterocycles. The molecule has 1 N–H and O–H groups in total. The van der Waals surface area contributed by atoms with E-state index in [1.165, 1.54) is 0 Å². The van der Waals surface area contributed by atoms with Crippen molar-refractivity contribution in [2.45, 2.75) is 32.7 Å². The van der Waals surface area contributed by atoms with E-state index in [4.69, 9.17) is 0 Å². The number of nitro benzene ring substituents is 1. The number of nitro groups is 1. The molecule has 1 aromatic heterocycles. The number of aromatic amines is 1. The molecule has 6 nitrogen and oxygen atoms in total. The van der Waals surface area contributed by atoms with E-state index < -0.39 is 0 Å². The number of imidazole rings is 1. The summed E-state index contributed by atoms with van der Waals surface area (Å²) in [6.45, 7) is 4.78. The molecule has 21 heavy (non-hydrogen) atoms. The van der Waals surface area contributed by atoms with Gasteiger partial charge in [0.15, 0.2) is 0 Å². The smallest absolute Gasteiger partial charge is 0.292 e. The fraction of sp³-hybridized carbons (Fsp3) is 0.400. The first-order valence-corrected chi connectivity index (χ1v) is 7.11. The zero-order chi connectivity index (χ0) is 15.0. The van der Waals surface area contributed by atoms with Crippen LogP contribution in [0.25, 0.3) is 0 Å². The van der Waals surface area contributed by atoms with Crippen molar-refractivity contribution in [3.63, 3.8) is 0 Å². The van der Waals surface area contributed by atoms with E-state index >= 15 is 0 Å². The molecule has 0 spiro atoms. The average Bonchev–Trinajstić information content (AvgIpc) is 3.06. The average molecular weight is 286 g/mol. The summed E-state index contributed by atoms with van der Waals surface area (Å²) in [6.07, 6.45) is 1.97. The highest BCUT2D eigenvalue weighted by molar-refractivity contribution is 5.64. The van der Waals surface area contributed by atoms with Crippen molar-refractivity contribution in [1.82, 2.24) is 9.97 Å². The fourth-order valence-electron chi connectivity index (χ4n) is 2.93. The van der Waals surface area contributed by atoms with Gasteiger partial charge in [0.2, 0.25) is 0 Å². The van der Waals surface area contributed by atoms with E-state index in [1.807, 2.05) is 26.0 Å². The van der Waals surface area contributed by atoms with Gasteiger partial charge in [-0.05, 0) is 32.8 Å². The predicted octanol–water partition coefficient (Wildman–Crippen LogP) is 3.28. The van der Waals surface area contributed by atoms with E-state index in [1.54, 1.807) is 12.1 Å². The Balaban J connectivity index is 2.00. The molecule has 0 radical (unpaired) electrons. The van der Waals surface area contributed by atoms with Crippen LogP contribution in [0.5, 0.6) is 0 Å². The lowest BCUT2D eigenvalue weighted by Crippen LogP contribution is -2.24. The van der Waals surface area contributed by atoms with Gasteiger partial charge in [0.25, 0.3) is 5.69 Å². The molecule has 0 amide bonds. The van der Waals surface area contributed by atoms with Crippen LogP contribution in [0.2, 0.25) is 0 Å². The molecule has 1 aliphatic heterocycles. The summed E-state index contributed by atoms with van der Waals surface area (Å²) in [5.74, 6) is 0.903. The molecule has 3 rings (SSSR count). The number of aryl methyl sites for hydroxylation is 2. The number of nitrogens with one attached hydrogen (secondary N) is 1. The van der Waals surface area contributed by atoms with Crippen LogP contribution in [-0.4, -0.2) is 21.4 Å². The van der Waals surface area contributed by atoms with Gasteiger partial charge in [-0.15, -0.1) is 0 Å². The highest BCUT2D eigenvalue weighted by Crippen LogP contribution is 2.39. The van der Waals surface area contributed by atoms with E-state index in [9.17, 15) is 10.1 Å². The number of rotatable bonds is 3. The Morgan fingerprint density at radius 1 is 1.38 bits per heavy atom. The summed E-state index contributed by atoms with van der Waals surface area (Å²) < 4.78 is 0. The molecule has 0 bridgehead atoms. The SMILES string of the molecule is Cc1nc(C2CCCN2c2ccccc2[N+](=O)[O-])[nH]c1C. The second kappa shape index (κ2) is 5.20. The van der Waals surface area contributed by atoms with Crippen LogP contribution >= 0.6 is 0 Å². The third kappa shape index (κ3) is 2.37. The summed E-state index contributed by atoms with van der Waals surface area (Å²) in [5.41, 5.74) is 2.87. The van der Waals surface area contributed by atoms with Crippen LogP contribution in [0.15, 0.2) is 24.3 Å². The van der Waals surface area contributed by atoms with Crippen molar-refractivity contribution in [2.75, 3.05) is 11.4 Å². The lowest BCUT2D eigenvalue weighted by atomic mass is 10.2. The largest absolute Gasteiger partial charge is 0.356 e. The molecular formula is C15H18N4O2. The van der Waals surface area contributed by atoms with Crippen LogP contribution in [-0.2, 0) is 0 Å². The molecule has 0 aliphatic carbocycles.